The van der Waals surface area contributed by atoms with E-state index >= 15 is 0 Å². The van der Waals surface area contributed by atoms with Crippen molar-refractivity contribution in [2.75, 3.05) is 13.6 Å². The topological polar surface area (TPSA) is 86.8 Å². The molecular formula is C26H36FN3O4S. The molecule has 0 radical (unpaired) electrons. The minimum Gasteiger partial charge on any atom is -0.352 e. The third-order valence-corrected chi connectivity index (χ3v) is 7.84. The molecule has 0 heterocycles. The number of benzene rings is 2. The predicted molar refractivity (Wildman–Crippen MR) is 134 cm³/mol. The van der Waals surface area contributed by atoms with E-state index < -0.39 is 16.1 Å². The van der Waals surface area contributed by atoms with Crippen LogP contribution in [-0.4, -0.2) is 55.1 Å². The zero-order chi connectivity index (χ0) is 26.0. The van der Waals surface area contributed by atoms with E-state index in [-0.39, 0.29) is 48.1 Å². The van der Waals surface area contributed by atoms with E-state index in [1.165, 1.54) is 40.5 Å². The maximum absolute atomic E-state index is 13.4. The van der Waals surface area contributed by atoms with Gasteiger partial charge in [-0.15, -0.1) is 0 Å². The van der Waals surface area contributed by atoms with Gasteiger partial charge in [-0.2, -0.15) is 0 Å². The molecule has 2 aromatic carbocycles. The SMILES string of the molecule is CC[C@@H](C)NC(=O)[C@@H](CC)N(Cc1ccc(F)cc1)C(=O)CCCN(C)S(=O)(=O)c1ccccc1. The zero-order valence-corrected chi connectivity index (χ0v) is 21.7. The van der Waals surface area contributed by atoms with Crippen LogP contribution in [0, 0.1) is 5.82 Å². The number of nitrogens with zero attached hydrogens (tertiary/aromatic N) is 2. The van der Waals surface area contributed by atoms with E-state index in [4.69, 9.17) is 0 Å². The summed E-state index contributed by atoms with van der Waals surface area (Å²) in [5, 5.41) is 2.94. The Morgan fingerprint density at radius 3 is 2.20 bits per heavy atom. The quantitative estimate of drug-likeness (QED) is 0.447. The van der Waals surface area contributed by atoms with Crippen molar-refractivity contribution in [3.63, 3.8) is 0 Å². The average Bonchev–Trinajstić information content (AvgIpc) is 2.85. The summed E-state index contributed by atoms with van der Waals surface area (Å²) >= 11 is 0. The highest BCUT2D eigenvalue weighted by molar-refractivity contribution is 7.89. The fourth-order valence-electron chi connectivity index (χ4n) is 3.64. The first-order valence-corrected chi connectivity index (χ1v) is 13.4. The van der Waals surface area contributed by atoms with Crippen LogP contribution in [0.3, 0.4) is 0 Å². The van der Waals surface area contributed by atoms with Gasteiger partial charge in [-0.25, -0.2) is 17.1 Å². The molecule has 192 valence electrons. The number of hydrogen-bond donors (Lipinski definition) is 1. The Bertz CT molecular complexity index is 1060. The summed E-state index contributed by atoms with van der Waals surface area (Å²) in [7, 11) is -2.17. The molecule has 0 unspecified atom stereocenters. The summed E-state index contributed by atoms with van der Waals surface area (Å²) in [6.45, 7) is 6.02. The van der Waals surface area contributed by atoms with E-state index in [0.717, 1.165) is 6.42 Å². The molecule has 7 nitrogen and oxygen atoms in total. The Balaban J connectivity index is 2.13. The van der Waals surface area contributed by atoms with Crippen LogP contribution in [0.2, 0.25) is 0 Å². The van der Waals surface area contributed by atoms with E-state index in [1.807, 2.05) is 20.8 Å². The van der Waals surface area contributed by atoms with Crippen molar-refractivity contribution < 1.29 is 22.4 Å². The smallest absolute Gasteiger partial charge is 0.243 e. The number of nitrogens with one attached hydrogen (secondary N) is 1. The van der Waals surface area contributed by atoms with Crippen LogP contribution in [0.25, 0.3) is 0 Å². The molecule has 2 rings (SSSR count). The van der Waals surface area contributed by atoms with Crippen molar-refractivity contribution >= 4 is 21.8 Å². The Morgan fingerprint density at radius 2 is 1.63 bits per heavy atom. The molecule has 35 heavy (non-hydrogen) atoms. The molecular weight excluding hydrogens is 469 g/mol. The summed E-state index contributed by atoms with van der Waals surface area (Å²) in [5.74, 6) is -0.872. The van der Waals surface area contributed by atoms with Gasteiger partial charge in [0.1, 0.15) is 11.9 Å². The third kappa shape index (κ3) is 8.14. The number of sulfonamides is 1. The Hall–Kier alpha value is -2.78. The molecule has 2 atom stereocenters. The highest BCUT2D eigenvalue weighted by Gasteiger charge is 2.29. The van der Waals surface area contributed by atoms with Gasteiger partial charge in [-0.3, -0.25) is 9.59 Å². The summed E-state index contributed by atoms with van der Waals surface area (Å²) in [5.41, 5.74) is 0.707. The van der Waals surface area contributed by atoms with Gasteiger partial charge in [0.25, 0.3) is 0 Å². The van der Waals surface area contributed by atoms with Crippen molar-refractivity contribution in [3.8, 4) is 0 Å². The van der Waals surface area contributed by atoms with Gasteiger partial charge < -0.3 is 10.2 Å². The fraction of sp³-hybridized carbons (Fsp3) is 0.462. The normalized spacial score (nSPS) is 13.3. The maximum atomic E-state index is 13.4. The van der Waals surface area contributed by atoms with Crippen LogP contribution in [0.15, 0.2) is 59.5 Å². The van der Waals surface area contributed by atoms with Gasteiger partial charge in [0, 0.05) is 32.6 Å². The maximum Gasteiger partial charge on any atom is 0.243 e. The van der Waals surface area contributed by atoms with Crippen molar-refractivity contribution in [1.29, 1.82) is 0 Å². The Morgan fingerprint density at radius 1 is 1.00 bits per heavy atom. The second kappa shape index (κ2) is 13.3. The lowest BCUT2D eigenvalue weighted by molar-refractivity contribution is -0.141. The molecule has 2 amide bonds. The highest BCUT2D eigenvalue weighted by atomic mass is 32.2. The largest absolute Gasteiger partial charge is 0.352 e. The van der Waals surface area contributed by atoms with Crippen LogP contribution >= 0.6 is 0 Å². The van der Waals surface area contributed by atoms with Crippen molar-refractivity contribution in [3.05, 3.63) is 66.0 Å². The number of hydrogen-bond acceptors (Lipinski definition) is 4. The lowest BCUT2D eigenvalue weighted by Crippen LogP contribution is -2.50. The fourth-order valence-corrected chi connectivity index (χ4v) is 4.87. The lowest BCUT2D eigenvalue weighted by atomic mass is 10.1. The van der Waals surface area contributed by atoms with E-state index in [1.54, 1.807) is 30.3 Å². The van der Waals surface area contributed by atoms with Gasteiger partial charge in [0.15, 0.2) is 0 Å². The van der Waals surface area contributed by atoms with Gasteiger partial charge in [-0.05, 0) is 56.0 Å². The van der Waals surface area contributed by atoms with Crippen molar-refractivity contribution in [1.82, 2.24) is 14.5 Å². The number of carbonyl (C=O) groups excluding carboxylic acids is 2. The molecule has 0 spiro atoms. The first-order valence-electron chi connectivity index (χ1n) is 12.0. The molecule has 0 aliphatic heterocycles. The summed E-state index contributed by atoms with van der Waals surface area (Å²) in [6, 6.07) is 13.2. The molecule has 2 aromatic rings. The molecule has 0 aliphatic carbocycles. The number of halogens is 1. The Labute approximate surface area is 208 Å². The molecule has 0 aromatic heterocycles. The van der Waals surface area contributed by atoms with Crippen LogP contribution in [0.5, 0.6) is 0 Å². The van der Waals surface area contributed by atoms with Gasteiger partial charge in [-0.1, -0.05) is 44.2 Å². The lowest BCUT2D eigenvalue weighted by Gasteiger charge is -2.31. The minimum atomic E-state index is -3.65. The average molecular weight is 506 g/mol. The monoisotopic (exact) mass is 505 g/mol. The van der Waals surface area contributed by atoms with Gasteiger partial charge in [0.2, 0.25) is 21.8 Å². The summed E-state index contributed by atoms with van der Waals surface area (Å²) in [4.78, 5) is 27.9. The van der Waals surface area contributed by atoms with E-state index in [2.05, 4.69) is 5.32 Å². The second-order valence-corrected chi connectivity index (χ2v) is 10.7. The standard InChI is InChI=1S/C26H36FN3O4S/c1-5-20(3)28-26(32)24(6-2)30(19-21-14-16-22(27)17-15-21)25(31)13-10-18-29(4)35(33,34)23-11-8-7-9-12-23/h7-9,11-12,14-17,20,24H,5-6,10,13,18-19H2,1-4H3,(H,28,32)/t20-,24-/m1/s1. The second-order valence-electron chi connectivity index (χ2n) is 8.63. The van der Waals surface area contributed by atoms with E-state index in [9.17, 15) is 22.4 Å². The first kappa shape index (κ1) is 28.5. The molecule has 0 saturated heterocycles. The molecule has 0 bridgehead atoms. The Kier molecular flexibility index (Phi) is 10.9. The molecule has 0 saturated carbocycles. The molecule has 0 aliphatic rings. The zero-order valence-electron chi connectivity index (χ0n) is 20.9. The number of carbonyl (C=O) groups is 2. The van der Waals surface area contributed by atoms with Crippen LogP contribution < -0.4 is 5.32 Å². The van der Waals surface area contributed by atoms with Crippen molar-refractivity contribution in [2.24, 2.45) is 0 Å². The minimum absolute atomic E-state index is 0.0313. The predicted octanol–water partition coefficient (Wildman–Crippen LogP) is 3.95. The molecule has 1 N–H and O–H groups in total. The molecule has 0 fully saturated rings. The van der Waals surface area contributed by atoms with Crippen LogP contribution in [0.1, 0.15) is 52.0 Å². The van der Waals surface area contributed by atoms with E-state index in [0.29, 0.717) is 18.4 Å². The summed E-state index contributed by atoms with van der Waals surface area (Å²) in [6.07, 6.45) is 1.54. The molecule has 9 heteroatoms. The number of rotatable bonds is 13. The van der Waals surface area contributed by atoms with Crippen LogP contribution in [-0.2, 0) is 26.2 Å². The van der Waals surface area contributed by atoms with Crippen LogP contribution in [0.4, 0.5) is 4.39 Å². The third-order valence-electron chi connectivity index (χ3n) is 5.97. The van der Waals surface area contributed by atoms with Crippen molar-refractivity contribution in [2.45, 2.75) is 70.0 Å². The van der Waals surface area contributed by atoms with Gasteiger partial charge >= 0.3 is 0 Å². The summed E-state index contributed by atoms with van der Waals surface area (Å²) < 4.78 is 40.1. The van der Waals surface area contributed by atoms with Gasteiger partial charge in [0.05, 0.1) is 4.90 Å². The first-order chi connectivity index (χ1) is 16.6. The highest BCUT2D eigenvalue weighted by Crippen LogP contribution is 2.17. The number of amides is 2.